The quantitative estimate of drug-likeness (QED) is 0.851. The van der Waals surface area contributed by atoms with E-state index in [1.807, 2.05) is 7.05 Å². The first kappa shape index (κ1) is 13.3. The molecule has 106 valence electrons. The van der Waals surface area contributed by atoms with Gasteiger partial charge in [-0.15, -0.1) is 5.10 Å². The van der Waals surface area contributed by atoms with Crippen LogP contribution in [0.15, 0.2) is 18.2 Å². The van der Waals surface area contributed by atoms with Crippen LogP contribution in [-0.4, -0.2) is 41.1 Å². The number of anilines is 1. The summed E-state index contributed by atoms with van der Waals surface area (Å²) in [6.45, 7) is 2.95. The summed E-state index contributed by atoms with van der Waals surface area (Å²) < 4.78 is 20.2. The zero-order valence-corrected chi connectivity index (χ0v) is 11.8. The Bertz CT molecular complexity index is 625. The molecule has 0 unspecified atom stereocenters. The minimum atomic E-state index is -0.445. The van der Waals surface area contributed by atoms with Crippen molar-refractivity contribution in [3.63, 3.8) is 0 Å². The second kappa shape index (κ2) is 5.38. The number of benzene rings is 1. The summed E-state index contributed by atoms with van der Waals surface area (Å²) in [5.74, 6) is 0.874. The van der Waals surface area contributed by atoms with Crippen LogP contribution in [0.25, 0.3) is 11.4 Å². The number of aromatic nitrogens is 3. The topological polar surface area (TPSA) is 43.2 Å². The van der Waals surface area contributed by atoms with Crippen LogP contribution in [0.1, 0.15) is 0 Å². The summed E-state index contributed by atoms with van der Waals surface area (Å²) in [6, 6.07) is 4.48. The molecule has 1 aromatic carbocycles. The average molecular weight is 297 g/mol. The highest BCUT2D eigenvalue weighted by Gasteiger charge is 2.18. The van der Waals surface area contributed by atoms with Crippen LogP contribution in [0.2, 0.25) is 5.02 Å². The fourth-order valence-electron chi connectivity index (χ4n) is 2.17. The van der Waals surface area contributed by atoms with E-state index in [1.54, 1.807) is 10.7 Å². The van der Waals surface area contributed by atoms with Crippen LogP contribution in [0.4, 0.5) is 10.3 Å². The van der Waals surface area contributed by atoms with E-state index < -0.39 is 5.82 Å². The first-order valence-corrected chi connectivity index (χ1v) is 6.72. The van der Waals surface area contributed by atoms with Gasteiger partial charge >= 0.3 is 0 Å². The van der Waals surface area contributed by atoms with E-state index in [9.17, 15) is 4.39 Å². The lowest BCUT2D eigenvalue weighted by Crippen LogP contribution is -2.37. The summed E-state index contributed by atoms with van der Waals surface area (Å²) in [5, 5.41) is 4.44. The molecule has 1 aromatic heterocycles. The van der Waals surface area contributed by atoms with Gasteiger partial charge in [-0.1, -0.05) is 11.6 Å². The predicted molar refractivity (Wildman–Crippen MR) is 74.4 cm³/mol. The van der Waals surface area contributed by atoms with Gasteiger partial charge in [-0.25, -0.2) is 9.07 Å². The molecule has 1 saturated heterocycles. The minimum absolute atomic E-state index is 0.0721. The van der Waals surface area contributed by atoms with Gasteiger partial charge in [0.15, 0.2) is 5.82 Å². The minimum Gasteiger partial charge on any atom is -0.378 e. The highest BCUT2D eigenvalue weighted by Crippen LogP contribution is 2.24. The zero-order valence-electron chi connectivity index (χ0n) is 11.0. The Morgan fingerprint density at radius 2 is 2.05 bits per heavy atom. The van der Waals surface area contributed by atoms with E-state index in [0.717, 1.165) is 19.0 Å². The molecule has 1 aliphatic heterocycles. The van der Waals surface area contributed by atoms with Crippen molar-refractivity contribution in [3.05, 3.63) is 29.0 Å². The molecule has 1 aliphatic rings. The van der Waals surface area contributed by atoms with Crippen molar-refractivity contribution < 1.29 is 9.13 Å². The molecule has 0 bridgehead atoms. The van der Waals surface area contributed by atoms with Crippen molar-refractivity contribution in [2.45, 2.75) is 0 Å². The Morgan fingerprint density at radius 3 is 2.75 bits per heavy atom. The van der Waals surface area contributed by atoms with Gasteiger partial charge in [0, 0.05) is 25.7 Å². The Morgan fingerprint density at radius 1 is 1.30 bits per heavy atom. The van der Waals surface area contributed by atoms with E-state index in [0.29, 0.717) is 24.6 Å². The largest absolute Gasteiger partial charge is 0.378 e. The van der Waals surface area contributed by atoms with Crippen LogP contribution >= 0.6 is 11.6 Å². The van der Waals surface area contributed by atoms with Gasteiger partial charge < -0.3 is 9.64 Å². The van der Waals surface area contributed by atoms with Crippen LogP contribution in [-0.2, 0) is 11.8 Å². The third-order valence-corrected chi connectivity index (χ3v) is 3.50. The summed E-state index contributed by atoms with van der Waals surface area (Å²) in [4.78, 5) is 6.63. The standard InChI is InChI=1S/C13H14ClFN4O/c1-18-13(19-4-6-20-7-5-19)16-12(17-18)9-2-3-11(15)10(14)8-9/h2-3,8H,4-7H2,1H3. The molecule has 0 atom stereocenters. The third-order valence-electron chi connectivity index (χ3n) is 3.21. The van der Waals surface area contributed by atoms with Crippen LogP contribution in [0.3, 0.4) is 0 Å². The summed E-state index contributed by atoms with van der Waals surface area (Å²) in [5.41, 5.74) is 0.700. The van der Waals surface area contributed by atoms with Crippen molar-refractivity contribution in [1.82, 2.24) is 14.8 Å². The average Bonchev–Trinajstić information content (AvgIpc) is 2.85. The number of morpholine rings is 1. The van der Waals surface area contributed by atoms with E-state index in [1.165, 1.54) is 12.1 Å². The predicted octanol–water partition coefficient (Wildman–Crippen LogP) is 2.11. The van der Waals surface area contributed by atoms with Crippen molar-refractivity contribution in [2.24, 2.45) is 7.05 Å². The second-order valence-electron chi connectivity index (χ2n) is 4.59. The summed E-state index contributed by atoms with van der Waals surface area (Å²) in [6.07, 6.45) is 0. The normalized spacial score (nSPS) is 15.7. The van der Waals surface area contributed by atoms with E-state index in [-0.39, 0.29) is 5.02 Å². The maximum Gasteiger partial charge on any atom is 0.224 e. The van der Waals surface area contributed by atoms with E-state index in [2.05, 4.69) is 15.0 Å². The van der Waals surface area contributed by atoms with Gasteiger partial charge in [0.25, 0.3) is 0 Å². The Labute approximate surface area is 120 Å². The molecule has 5 nitrogen and oxygen atoms in total. The number of hydrogen-bond donors (Lipinski definition) is 0. The molecular weight excluding hydrogens is 283 g/mol. The van der Waals surface area contributed by atoms with E-state index in [4.69, 9.17) is 16.3 Å². The molecule has 0 aliphatic carbocycles. The van der Waals surface area contributed by atoms with Gasteiger partial charge in [0.05, 0.1) is 18.2 Å². The zero-order chi connectivity index (χ0) is 14.1. The van der Waals surface area contributed by atoms with Gasteiger partial charge in [0.1, 0.15) is 5.82 Å². The first-order chi connectivity index (χ1) is 9.65. The first-order valence-electron chi connectivity index (χ1n) is 6.34. The number of ether oxygens (including phenoxy) is 1. The Kier molecular flexibility index (Phi) is 3.58. The van der Waals surface area contributed by atoms with Crippen LogP contribution in [0, 0.1) is 5.82 Å². The molecule has 20 heavy (non-hydrogen) atoms. The smallest absolute Gasteiger partial charge is 0.224 e. The fraction of sp³-hybridized carbons (Fsp3) is 0.385. The maximum atomic E-state index is 13.2. The molecule has 1 fully saturated rings. The molecule has 0 amide bonds. The molecule has 0 saturated carbocycles. The number of nitrogens with zero attached hydrogens (tertiary/aromatic N) is 4. The molecular formula is C13H14ClFN4O. The maximum absolute atomic E-state index is 13.2. The fourth-order valence-corrected chi connectivity index (χ4v) is 2.35. The second-order valence-corrected chi connectivity index (χ2v) is 4.99. The molecule has 3 rings (SSSR count). The lowest BCUT2D eigenvalue weighted by Gasteiger charge is -2.26. The van der Waals surface area contributed by atoms with Gasteiger partial charge in [-0.3, -0.25) is 0 Å². The van der Waals surface area contributed by atoms with Crippen molar-refractivity contribution >= 4 is 17.5 Å². The van der Waals surface area contributed by atoms with Crippen molar-refractivity contribution in [1.29, 1.82) is 0 Å². The van der Waals surface area contributed by atoms with E-state index >= 15 is 0 Å². The Balaban J connectivity index is 1.93. The molecule has 7 heteroatoms. The van der Waals surface area contributed by atoms with Gasteiger partial charge in [-0.05, 0) is 18.2 Å². The highest BCUT2D eigenvalue weighted by atomic mass is 35.5. The lowest BCUT2D eigenvalue weighted by molar-refractivity contribution is 0.121. The monoisotopic (exact) mass is 296 g/mol. The summed E-state index contributed by atoms with van der Waals surface area (Å²) >= 11 is 5.79. The molecule has 0 radical (unpaired) electrons. The molecule has 2 heterocycles. The lowest BCUT2D eigenvalue weighted by atomic mass is 10.2. The number of hydrogen-bond acceptors (Lipinski definition) is 4. The third kappa shape index (κ3) is 2.48. The van der Waals surface area contributed by atoms with Crippen molar-refractivity contribution in [2.75, 3.05) is 31.2 Å². The van der Waals surface area contributed by atoms with Gasteiger partial charge in [-0.2, -0.15) is 4.98 Å². The molecule has 2 aromatic rings. The van der Waals surface area contributed by atoms with Crippen LogP contribution in [0.5, 0.6) is 0 Å². The van der Waals surface area contributed by atoms with Crippen LogP contribution < -0.4 is 4.90 Å². The van der Waals surface area contributed by atoms with Gasteiger partial charge in [0.2, 0.25) is 5.95 Å². The highest BCUT2D eigenvalue weighted by molar-refractivity contribution is 6.31. The number of aryl methyl sites for hydroxylation is 1. The van der Waals surface area contributed by atoms with Crippen molar-refractivity contribution in [3.8, 4) is 11.4 Å². The number of rotatable bonds is 2. The molecule has 0 spiro atoms. The Hall–Kier alpha value is -1.66. The summed E-state index contributed by atoms with van der Waals surface area (Å²) in [7, 11) is 1.84. The molecule has 0 N–H and O–H groups in total. The SMILES string of the molecule is Cn1nc(-c2ccc(F)c(Cl)c2)nc1N1CCOCC1. The number of halogens is 2.